The van der Waals surface area contributed by atoms with Crippen LogP contribution in [0.3, 0.4) is 0 Å². The Morgan fingerprint density at radius 2 is 2.07 bits per heavy atom. The molecule has 27 heavy (non-hydrogen) atoms. The van der Waals surface area contributed by atoms with E-state index in [4.69, 9.17) is 4.98 Å². The quantitative estimate of drug-likeness (QED) is 0.836. The monoisotopic (exact) mass is 385 g/mol. The molecule has 0 spiro atoms. The molecular weight excluding hydrogens is 362 g/mol. The molecular formula is C19H23N5O2S. The number of pyridine rings is 1. The van der Waals surface area contributed by atoms with Gasteiger partial charge in [-0.25, -0.2) is 18.4 Å². The number of rotatable bonds is 5. The molecule has 1 saturated carbocycles. The minimum atomic E-state index is -3.14. The molecule has 0 unspecified atom stereocenters. The minimum Gasteiger partial charge on any atom is -0.349 e. The number of sulfone groups is 1. The summed E-state index contributed by atoms with van der Waals surface area (Å²) in [6, 6.07) is 5.77. The van der Waals surface area contributed by atoms with Crippen molar-refractivity contribution in [2.24, 2.45) is 5.92 Å². The lowest BCUT2D eigenvalue weighted by atomic mass is 10.00. The van der Waals surface area contributed by atoms with Gasteiger partial charge in [-0.2, -0.15) is 0 Å². The summed E-state index contributed by atoms with van der Waals surface area (Å²) in [5.41, 5.74) is 2.58. The first-order chi connectivity index (χ1) is 13.1. The zero-order valence-corrected chi connectivity index (χ0v) is 15.9. The molecule has 2 aliphatic heterocycles. The van der Waals surface area contributed by atoms with Crippen molar-refractivity contribution in [2.45, 2.75) is 36.3 Å². The topological polar surface area (TPSA) is 88.1 Å². The Kier molecular flexibility index (Phi) is 4.12. The first-order valence-electron chi connectivity index (χ1n) is 9.52. The van der Waals surface area contributed by atoms with Gasteiger partial charge in [-0.1, -0.05) is 6.07 Å². The molecule has 4 heterocycles. The van der Waals surface area contributed by atoms with Crippen LogP contribution in [-0.2, 0) is 22.1 Å². The molecule has 0 aromatic carbocycles. The smallest absolute Gasteiger partial charge is 0.223 e. The van der Waals surface area contributed by atoms with E-state index in [1.54, 1.807) is 12.4 Å². The van der Waals surface area contributed by atoms with Crippen LogP contribution in [0.1, 0.15) is 35.7 Å². The highest BCUT2D eigenvalue weighted by Crippen LogP contribution is 2.41. The molecule has 0 amide bonds. The molecule has 142 valence electrons. The molecule has 1 aliphatic carbocycles. The van der Waals surface area contributed by atoms with Crippen LogP contribution in [0.4, 0.5) is 5.95 Å². The average molecular weight is 385 g/mol. The molecule has 7 nitrogen and oxygen atoms in total. The summed E-state index contributed by atoms with van der Waals surface area (Å²) in [5.74, 6) is 1.31. The maximum Gasteiger partial charge on any atom is 0.223 e. The van der Waals surface area contributed by atoms with Crippen LogP contribution in [0.25, 0.3) is 0 Å². The molecule has 2 aromatic heterocycles. The fraction of sp³-hybridized carbons (Fsp3) is 0.526. The van der Waals surface area contributed by atoms with Crippen molar-refractivity contribution in [1.29, 1.82) is 0 Å². The molecule has 1 N–H and O–H groups in total. The van der Waals surface area contributed by atoms with Crippen molar-refractivity contribution in [3.8, 4) is 0 Å². The van der Waals surface area contributed by atoms with Gasteiger partial charge in [-0.3, -0.25) is 4.98 Å². The molecule has 1 saturated heterocycles. The summed E-state index contributed by atoms with van der Waals surface area (Å²) in [7, 11) is -3.14. The maximum absolute atomic E-state index is 12.8. The predicted octanol–water partition coefficient (Wildman–Crippen LogP) is 1.59. The van der Waals surface area contributed by atoms with Gasteiger partial charge in [0.05, 0.1) is 28.9 Å². The second kappa shape index (κ2) is 6.53. The van der Waals surface area contributed by atoms with E-state index in [9.17, 15) is 8.42 Å². The van der Waals surface area contributed by atoms with Crippen LogP contribution in [0.5, 0.6) is 0 Å². The zero-order valence-electron chi connectivity index (χ0n) is 15.1. The van der Waals surface area contributed by atoms with Gasteiger partial charge in [0, 0.05) is 43.5 Å². The van der Waals surface area contributed by atoms with Crippen molar-refractivity contribution in [3.63, 3.8) is 0 Å². The fourth-order valence-electron chi connectivity index (χ4n) is 4.23. The summed E-state index contributed by atoms with van der Waals surface area (Å²) < 4.78 is 25.5. The first-order valence-corrected chi connectivity index (χ1v) is 11.2. The van der Waals surface area contributed by atoms with Crippen LogP contribution in [0.15, 0.2) is 30.6 Å². The lowest BCUT2D eigenvalue weighted by Gasteiger charge is -2.26. The predicted molar refractivity (Wildman–Crippen MR) is 102 cm³/mol. The van der Waals surface area contributed by atoms with Gasteiger partial charge in [-0.05, 0) is 30.9 Å². The normalized spacial score (nSPS) is 26.4. The molecule has 8 heteroatoms. The summed E-state index contributed by atoms with van der Waals surface area (Å²) in [6.07, 6.45) is 5.99. The van der Waals surface area contributed by atoms with Crippen molar-refractivity contribution < 1.29 is 8.42 Å². The second-order valence-electron chi connectivity index (χ2n) is 7.89. The van der Waals surface area contributed by atoms with Gasteiger partial charge in [0.25, 0.3) is 0 Å². The van der Waals surface area contributed by atoms with Gasteiger partial charge < -0.3 is 10.2 Å². The summed E-state index contributed by atoms with van der Waals surface area (Å²) in [4.78, 5) is 15.7. The molecule has 2 atom stereocenters. The van der Waals surface area contributed by atoms with E-state index in [0.717, 1.165) is 36.0 Å². The Morgan fingerprint density at radius 1 is 1.19 bits per heavy atom. The molecule has 5 rings (SSSR count). The number of hydrogen-bond acceptors (Lipinski definition) is 7. The van der Waals surface area contributed by atoms with Crippen LogP contribution in [0, 0.1) is 5.92 Å². The first kappa shape index (κ1) is 17.1. The Hall–Kier alpha value is -2.06. The Morgan fingerprint density at radius 3 is 2.85 bits per heavy atom. The summed E-state index contributed by atoms with van der Waals surface area (Å²) >= 11 is 0. The standard InChI is InChI=1S/C19H23N5O2S/c25-27(26)12-14-7-21-19(22-8-15-3-1-2-6-20-15)23-18(14)16-10-24(11-17(16)27)9-13-4-5-13/h1-3,6-7,13,16-17H,4-5,8-12H2,(H,21,22,23)/t16-,17+/m0/s1. The van der Waals surface area contributed by atoms with Crippen molar-refractivity contribution in [2.75, 3.05) is 25.0 Å². The van der Waals surface area contributed by atoms with Crippen LogP contribution in [-0.4, -0.2) is 53.2 Å². The lowest BCUT2D eigenvalue weighted by molar-refractivity contribution is 0.320. The van der Waals surface area contributed by atoms with Gasteiger partial charge in [0.1, 0.15) is 0 Å². The summed E-state index contributed by atoms with van der Waals surface area (Å²) in [6.45, 7) is 2.99. The van der Waals surface area contributed by atoms with E-state index in [-0.39, 0.29) is 16.9 Å². The van der Waals surface area contributed by atoms with E-state index in [2.05, 4.69) is 20.2 Å². The van der Waals surface area contributed by atoms with E-state index in [1.165, 1.54) is 12.8 Å². The largest absolute Gasteiger partial charge is 0.349 e. The third kappa shape index (κ3) is 3.43. The lowest BCUT2D eigenvalue weighted by Crippen LogP contribution is -2.35. The van der Waals surface area contributed by atoms with Gasteiger partial charge in [0.2, 0.25) is 5.95 Å². The van der Waals surface area contributed by atoms with Crippen molar-refractivity contribution >= 4 is 15.8 Å². The average Bonchev–Trinajstić information content (AvgIpc) is 3.36. The summed E-state index contributed by atoms with van der Waals surface area (Å²) in [5, 5.41) is 2.89. The molecule has 2 aromatic rings. The highest BCUT2D eigenvalue weighted by Gasteiger charge is 2.48. The molecule has 0 radical (unpaired) electrons. The van der Waals surface area contributed by atoms with Gasteiger partial charge >= 0.3 is 0 Å². The zero-order chi connectivity index (χ0) is 18.4. The number of hydrogen-bond donors (Lipinski definition) is 1. The molecule has 2 fully saturated rings. The van der Waals surface area contributed by atoms with Crippen molar-refractivity contribution in [1.82, 2.24) is 19.9 Å². The number of nitrogens with one attached hydrogen (secondary N) is 1. The van der Waals surface area contributed by atoms with E-state index in [0.29, 0.717) is 19.0 Å². The number of nitrogens with zero attached hydrogens (tertiary/aromatic N) is 4. The second-order valence-corrected chi connectivity index (χ2v) is 10.1. The van der Waals surface area contributed by atoms with Crippen LogP contribution in [0.2, 0.25) is 0 Å². The minimum absolute atomic E-state index is 0.0455. The van der Waals surface area contributed by atoms with E-state index in [1.807, 2.05) is 18.2 Å². The number of fused-ring (bicyclic) bond motifs is 3. The van der Waals surface area contributed by atoms with Crippen molar-refractivity contribution in [3.05, 3.63) is 47.5 Å². The number of anilines is 1. The number of likely N-dealkylation sites (tertiary alicyclic amines) is 1. The van der Waals surface area contributed by atoms with Gasteiger partial charge in [-0.15, -0.1) is 0 Å². The Balaban J connectivity index is 1.39. The Bertz CT molecular complexity index is 946. The SMILES string of the molecule is O=S1(=O)Cc2cnc(NCc3ccccn3)nc2[C@H]2CN(CC3CC3)C[C@H]21. The highest BCUT2D eigenvalue weighted by molar-refractivity contribution is 7.91. The molecule has 0 bridgehead atoms. The third-order valence-corrected chi connectivity index (χ3v) is 7.89. The third-order valence-electron chi connectivity index (χ3n) is 5.78. The molecule has 3 aliphatic rings. The van der Waals surface area contributed by atoms with Crippen LogP contribution >= 0.6 is 0 Å². The Labute approximate surface area is 159 Å². The number of aromatic nitrogens is 3. The van der Waals surface area contributed by atoms with Crippen LogP contribution < -0.4 is 5.32 Å². The van der Waals surface area contributed by atoms with E-state index < -0.39 is 9.84 Å². The highest BCUT2D eigenvalue weighted by atomic mass is 32.2. The van der Waals surface area contributed by atoms with Gasteiger partial charge in [0.15, 0.2) is 9.84 Å². The van der Waals surface area contributed by atoms with E-state index >= 15 is 0 Å². The fourth-order valence-corrected chi connectivity index (χ4v) is 6.25. The maximum atomic E-state index is 12.8.